The minimum Gasteiger partial charge on any atom is -0.464 e. The first kappa shape index (κ1) is 12.9. The molecule has 0 saturated carbocycles. The summed E-state index contributed by atoms with van der Waals surface area (Å²) in [4.78, 5) is 4.61. The van der Waals surface area contributed by atoms with Crippen LogP contribution in [0.5, 0.6) is 0 Å². The highest BCUT2D eigenvalue weighted by atomic mass is 16.3. The van der Waals surface area contributed by atoms with E-state index in [-0.39, 0.29) is 12.1 Å². The largest absolute Gasteiger partial charge is 0.464 e. The molecule has 2 aromatic heterocycles. The SMILES string of the molecule is Cc1ccc(C(C(C)N)n2c(C)nc3ccccc32)o1. The van der Waals surface area contributed by atoms with E-state index >= 15 is 0 Å². The highest BCUT2D eigenvalue weighted by Crippen LogP contribution is 2.29. The van der Waals surface area contributed by atoms with Crippen molar-refractivity contribution in [2.45, 2.75) is 32.9 Å². The fraction of sp³-hybridized carbons (Fsp3) is 0.312. The van der Waals surface area contributed by atoms with Crippen LogP contribution < -0.4 is 5.73 Å². The Balaban J connectivity index is 2.22. The fourth-order valence-electron chi connectivity index (χ4n) is 2.75. The Bertz CT molecular complexity index is 739. The molecule has 3 rings (SSSR count). The zero-order chi connectivity index (χ0) is 14.3. The standard InChI is InChI=1S/C16H19N3O/c1-10-8-9-15(20-10)16(11(2)17)19-12(3)18-13-6-4-5-7-14(13)19/h4-9,11,16H,17H2,1-3H3. The van der Waals surface area contributed by atoms with Gasteiger partial charge in [-0.05, 0) is 45.0 Å². The van der Waals surface area contributed by atoms with Gasteiger partial charge in [0.15, 0.2) is 0 Å². The van der Waals surface area contributed by atoms with Gasteiger partial charge in [0.05, 0.1) is 11.0 Å². The van der Waals surface area contributed by atoms with Crippen molar-refractivity contribution >= 4 is 11.0 Å². The molecule has 104 valence electrons. The molecule has 0 aliphatic rings. The van der Waals surface area contributed by atoms with E-state index < -0.39 is 0 Å². The number of para-hydroxylation sites is 2. The molecule has 0 saturated heterocycles. The molecule has 0 fully saturated rings. The molecule has 4 nitrogen and oxygen atoms in total. The summed E-state index contributed by atoms with van der Waals surface area (Å²) in [6.07, 6.45) is 0. The number of furan rings is 1. The molecular weight excluding hydrogens is 250 g/mol. The number of aryl methyl sites for hydroxylation is 2. The molecule has 0 amide bonds. The van der Waals surface area contributed by atoms with Crippen LogP contribution in [-0.2, 0) is 0 Å². The monoisotopic (exact) mass is 269 g/mol. The average Bonchev–Trinajstić information content (AvgIpc) is 2.95. The van der Waals surface area contributed by atoms with Gasteiger partial charge in [-0.1, -0.05) is 12.1 Å². The van der Waals surface area contributed by atoms with Gasteiger partial charge in [0.25, 0.3) is 0 Å². The third-order valence-corrected chi connectivity index (χ3v) is 3.60. The van der Waals surface area contributed by atoms with E-state index in [2.05, 4.69) is 15.6 Å². The Kier molecular flexibility index (Phi) is 3.10. The number of fused-ring (bicyclic) bond motifs is 1. The predicted octanol–water partition coefficient (Wildman–Crippen LogP) is 3.18. The predicted molar refractivity (Wildman–Crippen MR) is 79.7 cm³/mol. The van der Waals surface area contributed by atoms with Crippen LogP contribution in [0.25, 0.3) is 11.0 Å². The van der Waals surface area contributed by atoms with E-state index in [9.17, 15) is 0 Å². The van der Waals surface area contributed by atoms with Crippen LogP contribution in [0.1, 0.15) is 30.3 Å². The molecule has 2 N–H and O–H groups in total. The van der Waals surface area contributed by atoms with Crippen molar-refractivity contribution in [3.8, 4) is 0 Å². The van der Waals surface area contributed by atoms with Crippen LogP contribution in [0.4, 0.5) is 0 Å². The minimum absolute atomic E-state index is 0.0453. The van der Waals surface area contributed by atoms with Gasteiger partial charge in [0, 0.05) is 6.04 Å². The topological polar surface area (TPSA) is 57.0 Å². The number of benzene rings is 1. The second-order valence-electron chi connectivity index (χ2n) is 5.27. The molecule has 4 heteroatoms. The van der Waals surface area contributed by atoms with Crippen LogP contribution in [0, 0.1) is 13.8 Å². The minimum atomic E-state index is -0.0724. The van der Waals surface area contributed by atoms with Gasteiger partial charge in [0.1, 0.15) is 23.4 Å². The Labute approximate surface area is 118 Å². The van der Waals surface area contributed by atoms with Crippen molar-refractivity contribution < 1.29 is 4.42 Å². The van der Waals surface area contributed by atoms with Crippen LogP contribution in [-0.4, -0.2) is 15.6 Å². The molecular formula is C16H19N3O. The summed E-state index contributed by atoms with van der Waals surface area (Å²) in [5, 5.41) is 0. The lowest BCUT2D eigenvalue weighted by atomic mass is 10.1. The third kappa shape index (κ3) is 2.02. The maximum Gasteiger partial charge on any atom is 0.128 e. The number of imidazole rings is 1. The van der Waals surface area contributed by atoms with Crippen molar-refractivity contribution in [3.63, 3.8) is 0 Å². The lowest BCUT2D eigenvalue weighted by molar-refractivity contribution is 0.382. The molecule has 2 unspecified atom stereocenters. The molecule has 0 aliphatic carbocycles. The summed E-state index contributed by atoms with van der Waals surface area (Å²) in [6.45, 7) is 5.95. The number of rotatable bonds is 3. The van der Waals surface area contributed by atoms with E-state index in [4.69, 9.17) is 10.2 Å². The molecule has 2 atom stereocenters. The molecule has 0 radical (unpaired) electrons. The first-order chi connectivity index (χ1) is 9.58. The average molecular weight is 269 g/mol. The highest BCUT2D eigenvalue weighted by molar-refractivity contribution is 5.76. The molecule has 2 heterocycles. The first-order valence-electron chi connectivity index (χ1n) is 6.83. The van der Waals surface area contributed by atoms with E-state index in [1.54, 1.807) is 0 Å². The molecule has 0 bridgehead atoms. The summed E-state index contributed by atoms with van der Waals surface area (Å²) in [5.41, 5.74) is 8.29. The molecule has 0 aliphatic heterocycles. The van der Waals surface area contributed by atoms with E-state index in [1.807, 2.05) is 51.1 Å². The first-order valence-corrected chi connectivity index (χ1v) is 6.83. The van der Waals surface area contributed by atoms with Gasteiger partial charge >= 0.3 is 0 Å². The van der Waals surface area contributed by atoms with Gasteiger partial charge in [-0.25, -0.2) is 4.98 Å². The van der Waals surface area contributed by atoms with Crippen molar-refractivity contribution in [2.75, 3.05) is 0 Å². The Morgan fingerprint density at radius 1 is 1.15 bits per heavy atom. The number of hydrogen-bond acceptors (Lipinski definition) is 3. The van der Waals surface area contributed by atoms with E-state index in [0.717, 1.165) is 28.4 Å². The smallest absolute Gasteiger partial charge is 0.128 e. The second-order valence-corrected chi connectivity index (χ2v) is 5.27. The summed E-state index contributed by atoms with van der Waals surface area (Å²) in [5.74, 6) is 2.72. The summed E-state index contributed by atoms with van der Waals surface area (Å²) in [7, 11) is 0. The van der Waals surface area contributed by atoms with Gasteiger partial charge < -0.3 is 14.7 Å². The van der Waals surface area contributed by atoms with Crippen LogP contribution in [0.3, 0.4) is 0 Å². The summed E-state index contributed by atoms with van der Waals surface area (Å²) < 4.78 is 7.97. The Morgan fingerprint density at radius 2 is 1.90 bits per heavy atom. The Morgan fingerprint density at radius 3 is 2.55 bits per heavy atom. The zero-order valence-electron chi connectivity index (χ0n) is 12.0. The third-order valence-electron chi connectivity index (χ3n) is 3.60. The Hall–Kier alpha value is -2.07. The van der Waals surface area contributed by atoms with E-state index in [1.165, 1.54) is 0 Å². The van der Waals surface area contributed by atoms with Gasteiger partial charge in [-0.2, -0.15) is 0 Å². The number of nitrogens with two attached hydrogens (primary N) is 1. The van der Waals surface area contributed by atoms with E-state index in [0.29, 0.717) is 0 Å². The van der Waals surface area contributed by atoms with Crippen LogP contribution >= 0.6 is 0 Å². The second kappa shape index (κ2) is 4.80. The number of nitrogens with zero attached hydrogens (tertiary/aromatic N) is 2. The van der Waals surface area contributed by atoms with Gasteiger partial charge in [-0.15, -0.1) is 0 Å². The molecule has 3 aromatic rings. The summed E-state index contributed by atoms with van der Waals surface area (Å²) >= 11 is 0. The molecule has 1 aromatic carbocycles. The zero-order valence-corrected chi connectivity index (χ0v) is 12.0. The highest BCUT2D eigenvalue weighted by Gasteiger charge is 2.25. The lowest BCUT2D eigenvalue weighted by Crippen LogP contribution is -2.30. The molecule has 20 heavy (non-hydrogen) atoms. The van der Waals surface area contributed by atoms with Gasteiger partial charge in [-0.3, -0.25) is 0 Å². The van der Waals surface area contributed by atoms with Gasteiger partial charge in [0.2, 0.25) is 0 Å². The van der Waals surface area contributed by atoms with Crippen molar-refractivity contribution in [1.82, 2.24) is 9.55 Å². The fourth-order valence-corrected chi connectivity index (χ4v) is 2.75. The number of aromatic nitrogens is 2. The quantitative estimate of drug-likeness (QED) is 0.794. The molecule has 0 spiro atoms. The van der Waals surface area contributed by atoms with Crippen molar-refractivity contribution in [3.05, 3.63) is 53.7 Å². The maximum absolute atomic E-state index is 6.22. The summed E-state index contributed by atoms with van der Waals surface area (Å²) in [6, 6.07) is 12.0. The lowest BCUT2D eigenvalue weighted by Gasteiger charge is -2.22. The van der Waals surface area contributed by atoms with Crippen molar-refractivity contribution in [2.24, 2.45) is 5.73 Å². The van der Waals surface area contributed by atoms with Crippen LogP contribution in [0.2, 0.25) is 0 Å². The van der Waals surface area contributed by atoms with Crippen molar-refractivity contribution in [1.29, 1.82) is 0 Å². The number of hydrogen-bond donors (Lipinski definition) is 1. The normalized spacial score (nSPS) is 14.6. The maximum atomic E-state index is 6.22. The van der Waals surface area contributed by atoms with Crippen LogP contribution in [0.15, 0.2) is 40.8 Å².